The van der Waals surface area contributed by atoms with Crippen molar-refractivity contribution in [2.24, 2.45) is 14.1 Å². The molecule has 0 spiro atoms. The van der Waals surface area contributed by atoms with E-state index >= 15 is 0 Å². The van der Waals surface area contributed by atoms with Crippen molar-refractivity contribution in [3.63, 3.8) is 0 Å². The van der Waals surface area contributed by atoms with E-state index in [-0.39, 0.29) is 12.4 Å². The van der Waals surface area contributed by atoms with Crippen LogP contribution in [0.5, 0.6) is 11.5 Å². The Morgan fingerprint density at radius 2 is 1.73 bits per heavy atom. The van der Waals surface area contributed by atoms with Crippen molar-refractivity contribution in [1.82, 2.24) is 9.13 Å². The smallest absolute Gasteiger partial charge is 0.331 e. The molecule has 2 heterocycles. The van der Waals surface area contributed by atoms with Gasteiger partial charge in [-0.25, -0.2) is 4.79 Å². The summed E-state index contributed by atoms with van der Waals surface area (Å²) in [5.74, 6) is 1.44. The Morgan fingerprint density at radius 1 is 1.00 bits per heavy atom. The van der Waals surface area contributed by atoms with Crippen LogP contribution in [0.1, 0.15) is 12.6 Å². The minimum Gasteiger partial charge on any atom is -0.478 e. The maximum atomic E-state index is 12.3. The number of hydrogen-bond acceptors (Lipinski definition) is 4. The van der Waals surface area contributed by atoms with E-state index in [1.807, 2.05) is 49.4 Å². The molecule has 0 saturated carbocycles. The summed E-state index contributed by atoms with van der Waals surface area (Å²) < 4.78 is 14.1. The minimum absolute atomic E-state index is 0.138. The Labute approximate surface area is 149 Å². The topological polar surface area (TPSA) is 62.5 Å². The van der Waals surface area contributed by atoms with Crippen LogP contribution in [0.15, 0.2) is 57.8 Å². The van der Waals surface area contributed by atoms with E-state index in [1.54, 1.807) is 7.05 Å². The van der Waals surface area contributed by atoms with Gasteiger partial charge in [0.2, 0.25) is 5.75 Å². The molecule has 0 N–H and O–H groups in total. The standard InChI is InChI=1S/C20H18N2O4/c1-12-16(26-15-9-8-13-6-4-5-7-14(13)10-15)11-25-18-17(12)21(2)20(24)22(3)19(18)23/h4-10H,11H2,1-3H3. The Kier molecular flexibility index (Phi) is 3.68. The van der Waals surface area contributed by atoms with Crippen molar-refractivity contribution < 1.29 is 9.47 Å². The predicted octanol–water partition coefficient (Wildman–Crippen LogP) is 2.44. The average Bonchev–Trinajstić information content (AvgIpc) is 2.66. The van der Waals surface area contributed by atoms with Gasteiger partial charge in [-0.05, 0) is 29.8 Å². The number of hydrogen-bond donors (Lipinski definition) is 0. The second kappa shape index (κ2) is 5.91. The van der Waals surface area contributed by atoms with Crippen LogP contribution in [-0.2, 0) is 14.1 Å². The molecule has 6 heteroatoms. The molecule has 0 aliphatic carbocycles. The predicted molar refractivity (Wildman–Crippen MR) is 99.6 cm³/mol. The summed E-state index contributed by atoms with van der Waals surface area (Å²) in [5.41, 5.74) is 0.340. The van der Waals surface area contributed by atoms with Crippen molar-refractivity contribution in [2.75, 3.05) is 6.61 Å². The molecule has 3 aromatic rings. The van der Waals surface area contributed by atoms with Crippen molar-refractivity contribution >= 4 is 16.3 Å². The fourth-order valence-electron chi connectivity index (χ4n) is 3.22. The third-order valence-corrected chi connectivity index (χ3v) is 4.71. The lowest BCUT2D eigenvalue weighted by atomic mass is 10.1. The Bertz CT molecular complexity index is 1180. The van der Waals surface area contributed by atoms with Gasteiger partial charge in [0.15, 0.2) is 0 Å². The molecule has 0 bridgehead atoms. The van der Waals surface area contributed by atoms with Crippen LogP contribution in [-0.4, -0.2) is 15.7 Å². The van der Waals surface area contributed by atoms with Gasteiger partial charge in [0.25, 0.3) is 5.56 Å². The van der Waals surface area contributed by atoms with E-state index in [1.165, 1.54) is 11.6 Å². The summed E-state index contributed by atoms with van der Waals surface area (Å²) in [6.45, 7) is 1.97. The van der Waals surface area contributed by atoms with Crippen LogP contribution in [0.2, 0.25) is 0 Å². The summed E-state index contributed by atoms with van der Waals surface area (Å²) in [7, 11) is 3.06. The summed E-state index contributed by atoms with van der Waals surface area (Å²) in [4.78, 5) is 24.5. The van der Waals surface area contributed by atoms with E-state index in [2.05, 4.69) is 0 Å². The molecule has 26 heavy (non-hydrogen) atoms. The van der Waals surface area contributed by atoms with Gasteiger partial charge in [0.05, 0.1) is 5.69 Å². The van der Waals surface area contributed by atoms with Gasteiger partial charge in [-0.3, -0.25) is 13.9 Å². The van der Waals surface area contributed by atoms with Crippen LogP contribution in [0.4, 0.5) is 0 Å². The zero-order chi connectivity index (χ0) is 18.4. The van der Waals surface area contributed by atoms with Gasteiger partial charge in [0.1, 0.15) is 18.1 Å². The minimum atomic E-state index is -0.438. The van der Waals surface area contributed by atoms with E-state index in [0.717, 1.165) is 20.9 Å². The molecule has 0 atom stereocenters. The highest BCUT2D eigenvalue weighted by atomic mass is 16.5. The summed E-state index contributed by atoms with van der Waals surface area (Å²) >= 11 is 0. The third kappa shape index (κ3) is 2.42. The van der Waals surface area contributed by atoms with Crippen LogP contribution in [0.3, 0.4) is 0 Å². The zero-order valence-corrected chi connectivity index (χ0v) is 14.8. The lowest BCUT2D eigenvalue weighted by Crippen LogP contribution is -2.40. The molecule has 4 rings (SSSR count). The van der Waals surface area contributed by atoms with Gasteiger partial charge in [0, 0.05) is 19.7 Å². The maximum absolute atomic E-state index is 12.3. The fraction of sp³-hybridized carbons (Fsp3) is 0.200. The number of rotatable bonds is 2. The Morgan fingerprint density at radius 3 is 2.50 bits per heavy atom. The van der Waals surface area contributed by atoms with E-state index in [0.29, 0.717) is 17.2 Å². The molecular weight excluding hydrogens is 332 g/mol. The number of aromatic nitrogens is 2. The highest BCUT2D eigenvalue weighted by Crippen LogP contribution is 2.31. The fourth-order valence-corrected chi connectivity index (χ4v) is 3.22. The number of ether oxygens (including phenoxy) is 2. The molecule has 0 amide bonds. The molecule has 1 aliphatic heterocycles. The zero-order valence-electron chi connectivity index (χ0n) is 14.8. The normalized spacial score (nSPS) is 13.5. The van der Waals surface area contributed by atoms with Crippen molar-refractivity contribution in [2.45, 2.75) is 6.92 Å². The number of benzene rings is 2. The summed E-state index contributed by atoms with van der Waals surface area (Å²) in [6.07, 6.45) is 0. The van der Waals surface area contributed by atoms with Gasteiger partial charge in [-0.1, -0.05) is 30.3 Å². The molecule has 0 saturated heterocycles. The lowest BCUT2D eigenvalue weighted by molar-refractivity contribution is 0.265. The molecule has 0 fully saturated rings. The summed E-state index contributed by atoms with van der Waals surface area (Å²) in [6, 6.07) is 13.8. The Balaban J connectivity index is 1.80. The van der Waals surface area contributed by atoms with E-state index in [9.17, 15) is 9.59 Å². The van der Waals surface area contributed by atoms with Crippen LogP contribution < -0.4 is 20.7 Å². The third-order valence-electron chi connectivity index (χ3n) is 4.71. The van der Waals surface area contributed by atoms with Crippen molar-refractivity contribution in [3.05, 3.63) is 74.8 Å². The molecule has 0 unspecified atom stereocenters. The van der Waals surface area contributed by atoms with E-state index in [4.69, 9.17) is 9.47 Å². The van der Waals surface area contributed by atoms with Gasteiger partial charge < -0.3 is 9.47 Å². The molecule has 0 radical (unpaired) electrons. The highest BCUT2D eigenvalue weighted by Gasteiger charge is 2.26. The quantitative estimate of drug-likeness (QED) is 0.712. The van der Waals surface area contributed by atoms with Crippen molar-refractivity contribution in [3.8, 4) is 11.5 Å². The number of nitrogens with zero attached hydrogens (tertiary/aromatic N) is 2. The summed E-state index contributed by atoms with van der Waals surface area (Å²) in [5, 5.41) is 2.20. The molecule has 2 aromatic carbocycles. The van der Waals surface area contributed by atoms with E-state index < -0.39 is 11.2 Å². The van der Waals surface area contributed by atoms with Gasteiger partial charge >= 0.3 is 5.69 Å². The van der Waals surface area contributed by atoms with Crippen LogP contribution in [0, 0.1) is 0 Å². The monoisotopic (exact) mass is 350 g/mol. The largest absolute Gasteiger partial charge is 0.478 e. The molecule has 6 nitrogen and oxygen atoms in total. The van der Waals surface area contributed by atoms with Gasteiger partial charge in [-0.2, -0.15) is 0 Å². The lowest BCUT2D eigenvalue weighted by Gasteiger charge is -2.24. The SMILES string of the molecule is CC1=C(Oc2ccc3ccccc3c2)COc2c1n(C)c(=O)n(C)c2=O. The maximum Gasteiger partial charge on any atom is 0.331 e. The average molecular weight is 350 g/mol. The first-order valence-corrected chi connectivity index (χ1v) is 8.27. The Hall–Kier alpha value is -3.28. The molecule has 1 aromatic heterocycles. The van der Waals surface area contributed by atoms with Crippen LogP contribution >= 0.6 is 0 Å². The highest BCUT2D eigenvalue weighted by molar-refractivity contribution is 5.83. The number of fused-ring (bicyclic) bond motifs is 2. The first-order chi connectivity index (χ1) is 12.5. The first kappa shape index (κ1) is 16.2. The van der Waals surface area contributed by atoms with Crippen LogP contribution in [0.25, 0.3) is 16.3 Å². The first-order valence-electron chi connectivity index (χ1n) is 8.27. The molecular formula is C20H18N2O4. The second-order valence-electron chi connectivity index (χ2n) is 6.33. The van der Waals surface area contributed by atoms with Gasteiger partial charge in [-0.15, -0.1) is 0 Å². The second-order valence-corrected chi connectivity index (χ2v) is 6.33. The number of allylic oxidation sites excluding steroid dienone is 1. The van der Waals surface area contributed by atoms with Crippen molar-refractivity contribution in [1.29, 1.82) is 0 Å². The molecule has 1 aliphatic rings. The molecule has 132 valence electrons.